The van der Waals surface area contributed by atoms with E-state index < -0.39 is 12.1 Å². The van der Waals surface area contributed by atoms with Gasteiger partial charge >= 0.3 is 5.97 Å². The van der Waals surface area contributed by atoms with E-state index in [4.69, 9.17) is 18.9 Å². The molecule has 31 heavy (non-hydrogen) atoms. The minimum Gasteiger partial charge on any atom is -0.497 e. The van der Waals surface area contributed by atoms with Gasteiger partial charge in [-0.05, 0) is 55.3 Å². The van der Waals surface area contributed by atoms with Crippen LogP contribution in [0.25, 0.3) is 0 Å². The van der Waals surface area contributed by atoms with Crippen LogP contribution in [-0.2, 0) is 16.0 Å². The molecular weight excluding hydrogens is 396 g/mol. The Kier molecular flexibility index (Phi) is 9.47. The highest BCUT2D eigenvalue weighted by Gasteiger charge is 2.17. The zero-order valence-corrected chi connectivity index (χ0v) is 18.3. The minimum atomic E-state index is -0.962. The van der Waals surface area contributed by atoms with Crippen LogP contribution in [0.3, 0.4) is 0 Å². The summed E-state index contributed by atoms with van der Waals surface area (Å²) in [5, 5.41) is 9.18. The Labute approximate surface area is 183 Å². The summed E-state index contributed by atoms with van der Waals surface area (Å²) in [5.74, 6) is 7.30. The molecule has 2 rings (SSSR count). The second kappa shape index (κ2) is 12.3. The van der Waals surface area contributed by atoms with Crippen molar-refractivity contribution in [2.75, 3.05) is 27.4 Å². The van der Waals surface area contributed by atoms with Crippen molar-refractivity contribution in [1.82, 2.24) is 0 Å². The fourth-order valence-corrected chi connectivity index (χ4v) is 2.72. The van der Waals surface area contributed by atoms with E-state index in [-0.39, 0.29) is 0 Å². The van der Waals surface area contributed by atoms with Gasteiger partial charge in [-0.15, -0.1) is 0 Å². The molecule has 2 aromatic carbocycles. The van der Waals surface area contributed by atoms with Gasteiger partial charge in [0.1, 0.15) is 23.9 Å². The average Bonchev–Trinajstić information content (AvgIpc) is 2.78. The number of benzene rings is 2. The van der Waals surface area contributed by atoms with E-state index in [2.05, 4.69) is 11.8 Å². The predicted octanol–water partition coefficient (Wildman–Crippen LogP) is 4.11. The number of carbonyl (C=O) groups is 1. The lowest BCUT2D eigenvalue weighted by Crippen LogP contribution is -2.26. The zero-order valence-electron chi connectivity index (χ0n) is 18.3. The number of rotatable bonds is 10. The molecule has 0 amide bonds. The van der Waals surface area contributed by atoms with E-state index >= 15 is 0 Å². The third-order valence-electron chi connectivity index (χ3n) is 4.38. The first-order chi connectivity index (χ1) is 14.9. The summed E-state index contributed by atoms with van der Waals surface area (Å²) in [6.45, 7) is 4.42. The third kappa shape index (κ3) is 8.07. The van der Waals surface area contributed by atoms with E-state index in [0.29, 0.717) is 36.9 Å². The molecule has 0 unspecified atom stereocenters. The summed E-state index contributed by atoms with van der Waals surface area (Å²) in [7, 11) is 3.20. The van der Waals surface area contributed by atoms with Crippen molar-refractivity contribution in [3.8, 4) is 29.1 Å². The Morgan fingerprint density at radius 1 is 1.06 bits per heavy atom. The van der Waals surface area contributed by atoms with Gasteiger partial charge in [0.25, 0.3) is 0 Å². The smallest absolute Gasteiger partial charge is 0.333 e. The fourth-order valence-electron chi connectivity index (χ4n) is 2.72. The van der Waals surface area contributed by atoms with Crippen molar-refractivity contribution in [3.63, 3.8) is 0 Å². The van der Waals surface area contributed by atoms with Crippen LogP contribution < -0.4 is 14.2 Å². The van der Waals surface area contributed by atoms with Crippen LogP contribution in [0.15, 0.2) is 54.1 Å². The molecule has 0 bridgehead atoms. The second-order valence-corrected chi connectivity index (χ2v) is 6.68. The van der Waals surface area contributed by atoms with E-state index in [0.717, 1.165) is 16.7 Å². The molecule has 0 aliphatic rings. The van der Waals surface area contributed by atoms with Gasteiger partial charge in [-0.2, -0.15) is 0 Å². The first-order valence-corrected chi connectivity index (χ1v) is 9.93. The maximum atomic E-state index is 11.2. The minimum absolute atomic E-state index is 0.313. The number of carboxylic acid groups (broad SMARTS) is 1. The second-order valence-electron chi connectivity index (χ2n) is 6.68. The average molecular weight is 424 g/mol. The standard InChI is InChI=1S/C25H28O6/c1-5-30-24(25(26)27)16-19-8-10-21(11-9-19)31-13-12-18(2)6-7-20-14-22(28-3)17-23(15-20)29-4/h8-12,14-15,17,24H,5,13,16H2,1-4H3,(H,26,27)/b18-12-/t24-/m0/s1. The van der Waals surface area contributed by atoms with Gasteiger partial charge in [0.15, 0.2) is 6.10 Å². The van der Waals surface area contributed by atoms with Gasteiger partial charge < -0.3 is 24.1 Å². The molecule has 0 radical (unpaired) electrons. The van der Waals surface area contributed by atoms with Crippen molar-refractivity contribution >= 4 is 5.97 Å². The summed E-state index contributed by atoms with van der Waals surface area (Å²) >= 11 is 0. The van der Waals surface area contributed by atoms with Gasteiger partial charge in [0.2, 0.25) is 0 Å². The van der Waals surface area contributed by atoms with Gasteiger partial charge in [-0.25, -0.2) is 4.79 Å². The van der Waals surface area contributed by atoms with Crippen molar-refractivity contribution in [2.24, 2.45) is 0 Å². The molecule has 0 fully saturated rings. The molecule has 1 atom stereocenters. The maximum Gasteiger partial charge on any atom is 0.333 e. The molecule has 0 spiro atoms. The molecule has 0 aliphatic carbocycles. The molecule has 0 aromatic heterocycles. The summed E-state index contributed by atoms with van der Waals surface area (Å²) in [6.07, 6.45) is 1.37. The van der Waals surface area contributed by atoms with Crippen LogP contribution in [0, 0.1) is 11.8 Å². The zero-order chi connectivity index (χ0) is 22.6. The van der Waals surface area contributed by atoms with Crippen LogP contribution in [-0.4, -0.2) is 44.6 Å². The molecule has 0 heterocycles. The number of hydrogen-bond donors (Lipinski definition) is 1. The summed E-state index contributed by atoms with van der Waals surface area (Å²) in [5.41, 5.74) is 2.55. The lowest BCUT2D eigenvalue weighted by molar-refractivity contribution is -0.149. The Balaban J connectivity index is 1.93. The maximum absolute atomic E-state index is 11.2. The van der Waals surface area contributed by atoms with Gasteiger partial charge in [-0.1, -0.05) is 24.0 Å². The highest BCUT2D eigenvalue weighted by molar-refractivity contribution is 5.72. The summed E-state index contributed by atoms with van der Waals surface area (Å²) in [6, 6.07) is 12.8. The van der Waals surface area contributed by atoms with Crippen molar-refractivity contribution in [1.29, 1.82) is 0 Å². The number of ether oxygens (including phenoxy) is 4. The Bertz CT molecular complexity index is 928. The topological polar surface area (TPSA) is 74.2 Å². The fraction of sp³-hybridized carbons (Fsp3) is 0.320. The van der Waals surface area contributed by atoms with Crippen molar-refractivity contribution in [2.45, 2.75) is 26.4 Å². The number of methoxy groups -OCH3 is 2. The Morgan fingerprint density at radius 3 is 2.26 bits per heavy atom. The quantitative estimate of drug-likeness (QED) is 0.579. The molecule has 6 heteroatoms. The predicted molar refractivity (Wildman–Crippen MR) is 119 cm³/mol. The molecule has 0 saturated heterocycles. The van der Waals surface area contributed by atoms with Crippen molar-refractivity contribution in [3.05, 3.63) is 65.2 Å². The van der Waals surface area contributed by atoms with E-state index in [9.17, 15) is 9.90 Å². The molecule has 164 valence electrons. The number of aliphatic carboxylic acids is 1. The van der Waals surface area contributed by atoms with Gasteiger partial charge in [0, 0.05) is 24.7 Å². The summed E-state index contributed by atoms with van der Waals surface area (Å²) < 4.78 is 21.5. The van der Waals surface area contributed by atoms with Gasteiger partial charge in [0.05, 0.1) is 14.2 Å². The van der Waals surface area contributed by atoms with Crippen LogP contribution in [0.1, 0.15) is 25.0 Å². The highest BCUT2D eigenvalue weighted by Crippen LogP contribution is 2.22. The van der Waals surface area contributed by atoms with Crippen molar-refractivity contribution < 1.29 is 28.8 Å². The first kappa shape index (κ1) is 23.8. The third-order valence-corrected chi connectivity index (χ3v) is 4.38. The molecule has 2 aromatic rings. The summed E-state index contributed by atoms with van der Waals surface area (Å²) in [4.78, 5) is 11.2. The highest BCUT2D eigenvalue weighted by atomic mass is 16.5. The van der Waals surface area contributed by atoms with E-state index in [1.807, 2.05) is 49.4 Å². The molecule has 0 saturated carbocycles. The van der Waals surface area contributed by atoms with E-state index in [1.165, 1.54) is 0 Å². The van der Waals surface area contributed by atoms with Crippen LogP contribution in [0.5, 0.6) is 17.2 Å². The lowest BCUT2D eigenvalue weighted by atomic mass is 10.1. The van der Waals surface area contributed by atoms with Gasteiger partial charge in [-0.3, -0.25) is 0 Å². The lowest BCUT2D eigenvalue weighted by Gasteiger charge is -2.12. The Morgan fingerprint density at radius 2 is 1.71 bits per heavy atom. The molecule has 6 nitrogen and oxygen atoms in total. The Hall–Kier alpha value is -3.43. The normalized spacial score (nSPS) is 11.8. The SMILES string of the molecule is CCO[C@@H](Cc1ccc(OC/C=C(/C)C#Cc2cc(OC)cc(OC)c2)cc1)C(=O)O. The molecular formula is C25H28O6. The molecule has 0 aliphatic heterocycles. The monoisotopic (exact) mass is 424 g/mol. The number of hydrogen-bond acceptors (Lipinski definition) is 5. The number of allylic oxidation sites excluding steroid dienone is 1. The van der Waals surface area contributed by atoms with E-state index in [1.54, 1.807) is 27.2 Å². The largest absolute Gasteiger partial charge is 0.497 e. The van der Waals surface area contributed by atoms with Crippen LogP contribution >= 0.6 is 0 Å². The first-order valence-electron chi connectivity index (χ1n) is 9.93. The van der Waals surface area contributed by atoms with Crippen LogP contribution in [0.2, 0.25) is 0 Å². The number of carboxylic acids is 1. The molecule has 1 N–H and O–H groups in total. The van der Waals surface area contributed by atoms with Crippen LogP contribution in [0.4, 0.5) is 0 Å².